The van der Waals surface area contributed by atoms with Crippen LogP contribution in [0, 0.1) is 0 Å². The molecule has 7 nitrogen and oxygen atoms in total. The lowest BCUT2D eigenvalue weighted by atomic mass is 9.97. The Balaban J connectivity index is 1.62. The van der Waals surface area contributed by atoms with Crippen molar-refractivity contribution in [1.29, 1.82) is 0 Å². The van der Waals surface area contributed by atoms with E-state index >= 15 is 0 Å². The molecule has 1 aromatic carbocycles. The molecule has 27 heavy (non-hydrogen) atoms. The van der Waals surface area contributed by atoms with Gasteiger partial charge >= 0.3 is 0 Å². The van der Waals surface area contributed by atoms with E-state index in [0.29, 0.717) is 41.9 Å². The molecule has 3 aromatic rings. The molecule has 0 aliphatic carbocycles. The molecule has 0 bridgehead atoms. The molecule has 0 saturated heterocycles. The first-order valence-electron chi connectivity index (χ1n) is 8.98. The van der Waals surface area contributed by atoms with E-state index in [4.69, 9.17) is 4.42 Å². The number of carbonyl (C=O) groups is 1. The molecular weight excluding hydrogens is 344 g/mol. The number of benzene rings is 1. The fourth-order valence-corrected chi connectivity index (χ4v) is 3.22. The maximum atomic E-state index is 13.0. The summed E-state index contributed by atoms with van der Waals surface area (Å²) in [6.45, 7) is 7.17. The third kappa shape index (κ3) is 3.03. The van der Waals surface area contributed by atoms with Crippen molar-refractivity contribution in [2.75, 3.05) is 6.54 Å². The molecule has 7 heteroatoms. The van der Waals surface area contributed by atoms with Crippen molar-refractivity contribution in [1.82, 2.24) is 19.4 Å². The van der Waals surface area contributed by atoms with Crippen LogP contribution in [0.2, 0.25) is 0 Å². The molecule has 0 spiro atoms. The van der Waals surface area contributed by atoms with Gasteiger partial charge in [-0.3, -0.25) is 9.59 Å². The largest absolute Gasteiger partial charge is 0.445 e. The second-order valence-corrected chi connectivity index (χ2v) is 8.01. The predicted octanol–water partition coefficient (Wildman–Crippen LogP) is 2.42. The minimum absolute atomic E-state index is 0.0923. The second kappa shape index (κ2) is 6.04. The van der Waals surface area contributed by atoms with Gasteiger partial charge in [-0.2, -0.15) is 0 Å². The minimum Gasteiger partial charge on any atom is -0.445 e. The summed E-state index contributed by atoms with van der Waals surface area (Å²) in [5, 5.41) is 0.504. The SMILES string of the molecule is Cn1cnc2cc(C(=O)N3CCc4oc(C(C)(C)C)nc4C3)ccc2c1=O. The maximum Gasteiger partial charge on any atom is 0.260 e. The van der Waals surface area contributed by atoms with E-state index < -0.39 is 0 Å². The van der Waals surface area contributed by atoms with Gasteiger partial charge in [-0.25, -0.2) is 9.97 Å². The number of hydrogen-bond donors (Lipinski definition) is 0. The van der Waals surface area contributed by atoms with Gasteiger partial charge in [-0.15, -0.1) is 0 Å². The molecule has 0 radical (unpaired) electrons. The lowest BCUT2D eigenvalue weighted by molar-refractivity contribution is 0.0728. The van der Waals surface area contributed by atoms with E-state index in [2.05, 4.69) is 30.7 Å². The molecule has 0 saturated carbocycles. The van der Waals surface area contributed by atoms with Gasteiger partial charge in [0.2, 0.25) is 0 Å². The summed E-state index contributed by atoms with van der Waals surface area (Å²) in [6.07, 6.45) is 2.12. The zero-order chi connectivity index (χ0) is 19.3. The normalized spacial score (nSPS) is 14.4. The molecule has 1 aliphatic heterocycles. The van der Waals surface area contributed by atoms with Crippen LogP contribution in [-0.2, 0) is 25.4 Å². The molecular formula is C20H22N4O3. The monoisotopic (exact) mass is 366 g/mol. The van der Waals surface area contributed by atoms with Crippen LogP contribution in [0.4, 0.5) is 0 Å². The van der Waals surface area contributed by atoms with E-state index in [-0.39, 0.29) is 16.9 Å². The zero-order valence-corrected chi connectivity index (χ0v) is 15.9. The van der Waals surface area contributed by atoms with Crippen LogP contribution in [0.15, 0.2) is 33.7 Å². The van der Waals surface area contributed by atoms with Crippen molar-refractivity contribution in [2.24, 2.45) is 7.05 Å². The lowest BCUT2D eigenvalue weighted by Gasteiger charge is -2.25. The average molecular weight is 366 g/mol. The summed E-state index contributed by atoms with van der Waals surface area (Å²) in [6, 6.07) is 5.03. The standard InChI is InChI=1S/C20H22N4O3/c1-20(2,3)19-22-15-10-24(8-7-16(15)27-19)17(25)12-5-6-13-14(9-12)21-11-23(4)18(13)26/h5-6,9,11H,7-8,10H2,1-4H3. The van der Waals surface area contributed by atoms with Crippen LogP contribution < -0.4 is 5.56 Å². The van der Waals surface area contributed by atoms with E-state index in [0.717, 1.165) is 11.5 Å². The Morgan fingerprint density at radius 1 is 1.26 bits per heavy atom. The number of aryl methyl sites for hydroxylation is 1. The van der Waals surface area contributed by atoms with Crippen molar-refractivity contribution in [3.63, 3.8) is 0 Å². The first kappa shape index (κ1) is 17.5. The average Bonchev–Trinajstić information content (AvgIpc) is 3.07. The van der Waals surface area contributed by atoms with Crippen molar-refractivity contribution < 1.29 is 9.21 Å². The Hall–Kier alpha value is -2.96. The molecule has 1 amide bonds. The molecule has 1 aliphatic rings. The van der Waals surface area contributed by atoms with Crippen LogP contribution in [0.3, 0.4) is 0 Å². The third-order valence-corrected chi connectivity index (χ3v) is 4.82. The van der Waals surface area contributed by atoms with E-state index in [1.54, 1.807) is 30.1 Å². The highest BCUT2D eigenvalue weighted by Gasteiger charge is 2.29. The summed E-state index contributed by atoms with van der Waals surface area (Å²) < 4.78 is 7.31. The number of fused-ring (bicyclic) bond motifs is 2. The van der Waals surface area contributed by atoms with Crippen LogP contribution in [-0.4, -0.2) is 31.9 Å². The van der Waals surface area contributed by atoms with Gasteiger partial charge in [0.15, 0.2) is 5.89 Å². The highest BCUT2D eigenvalue weighted by Crippen LogP contribution is 2.28. The zero-order valence-electron chi connectivity index (χ0n) is 15.9. The summed E-state index contributed by atoms with van der Waals surface area (Å²) in [4.78, 5) is 35.7. The lowest BCUT2D eigenvalue weighted by Crippen LogP contribution is -2.35. The van der Waals surface area contributed by atoms with Crippen molar-refractivity contribution in [2.45, 2.75) is 39.2 Å². The van der Waals surface area contributed by atoms with Crippen LogP contribution >= 0.6 is 0 Å². The maximum absolute atomic E-state index is 13.0. The quantitative estimate of drug-likeness (QED) is 0.661. The number of carbonyl (C=O) groups excluding carboxylic acids is 1. The third-order valence-electron chi connectivity index (χ3n) is 4.82. The van der Waals surface area contributed by atoms with Crippen LogP contribution in [0.5, 0.6) is 0 Å². The summed E-state index contributed by atoms with van der Waals surface area (Å²) in [5.41, 5.74) is 1.58. The number of hydrogen-bond acceptors (Lipinski definition) is 5. The van der Waals surface area contributed by atoms with Crippen molar-refractivity contribution in [3.05, 3.63) is 57.8 Å². The Morgan fingerprint density at radius 2 is 2.04 bits per heavy atom. The van der Waals surface area contributed by atoms with Gasteiger partial charge in [0.25, 0.3) is 11.5 Å². The molecule has 4 rings (SSSR count). The van der Waals surface area contributed by atoms with Gasteiger partial charge in [-0.1, -0.05) is 20.8 Å². The van der Waals surface area contributed by atoms with Crippen LogP contribution in [0.1, 0.15) is 48.5 Å². The summed E-state index contributed by atoms with van der Waals surface area (Å²) in [7, 11) is 1.66. The number of nitrogens with zero attached hydrogens (tertiary/aromatic N) is 4. The number of oxazole rings is 1. The van der Waals surface area contributed by atoms with Gasteiger partial charge in [0, 0.05) is 31.0 Å². The molecule has 140 valence electrons. The highest BCUT2D eigenvalue weighted by molar-refractivity contribution is 5.97. The van der Waals surface area contributed by atoms with Gasteiger partial charge in [0.05, 0.1) is 23.8 Å². The van der Waals surface area contributed by atoms with Crippen molar-refractivity contribution in [3.8, 4) is 0 Å². The number of aromatic nitrogens is 3. The van der Waals surface area contributed by atoms with Gasteiger partial charge in [0.1, 0.15) is 11.5 Å². The minimum atomic E-state index is -0.164. The fraction of sp³-hybridized carbons (Fsp3) is 0.400. The van der Waals surface area contributed by atoms with E-state index in [1.165, 1.54) is 10.9 Å². The van der Waals surface area contributed by atoms with E-state index in [1.807, 2.05) is 0 Å². The Bertz CT molecular complexity index is 1100. The molecule has 0 atom stereocenters. The molecule has 3 heterocycles. The Kier molecular flexibility index (Phi) is 3.91. The molecule has 0 N–H and O–H groups in total. The molecule has 0 unspecified atom stereocenters. The molecule has 2 aromatic heterocycles. The van der Waals surface area contributed by atoms with E-state index in [9.17, 15) is 9.59 Å². The second-order valence-electron chi connectivity index (χ2n) is 8.01. The summed E-state index contributed by atoms with van der Waals surface area (Å²) >= 11 is 0. The highest BCUT2D eigenvalue weighted by atomic mass is 16.4. The smallest absolute Gasteiger partial charge is 0.260 e. The van der Waals surface area contributed by atoms with Gasteiger partial charge < -0.3 is 13.9 Å². The van der Waals surface area contributed by atoms with Crippen molar-refractivity contribution >= 4 is 16.8 Å². The van der Waals surface area contributed by atoms with Gasteiger partial charge in [-0.05, 0) is 18.2 Å². The van der Waals surface area contributed by atoms with Crippen LogP contribution in [0.25, 0.3) is 10.9 Å². The number of amides is 1. The number of rotatable bonds is 1. The first-order valence-corrected chi connectivity index (χ1v) is 8.98. The first-order chi connectivity index (χ1) is 12.7. The molecule has 0 fully saturated rings. The summed E-state index contributed by atoms with van der Waals surface area (Å²) in [5.74, 6) is 1.48. The topological polar surface area (TPSA) is 81.2 Å². The Morgan fingerprint density at radius 3 is 2.78 bits per heavy atom. The Labute approximate surface area is 156 Å². The fourth-order valence-electron chi connectivity index (χ4n) is 3.22. The predicted molar refractivity (Wildman–Crippen MR) is 101 cm³/mol.